The van der Waals surface area contributed by atoms with Crippen LogP contribution in [0.4, 0.5) is 10.5 Å². The fourth-order valence-electron chi connectivity index (χ4n) is 1.82. The van der Waals surface area contributed by atoms with E-state index in [0.29, 0.717) is 5.75 Å². The summed E-state index contributed by atoms with van der Waals surface area (Å²) in [6, 6.07) is 15.4. The van der Waals surface area contributed by atoms with Crippen molar-refractivity contribution in [1.29, 1.82) is 0 Å². The molecule has 5 nitrogen and oxygen atoms in total. The van der Waals surface area contributed by atoms with Crippen LogP contribution in [0, 0.1) is 6.92 Å². The number of aryl methyl sites for hydroxylation is 1. The Morgan fingerprint density at radius 2 is 1.64 bits per heavy atom. The summed E-state index contributed by atoms with van der Waals surface area (Å²) < 4.78 is 5.08. The number of ether oxygens (including phenoxy) is 1. The second kappa shape index (κ2) is 7.26. The van der Waals surface area contributed by atoms with Gasteiger partial charge in [0.2, 0.25) is 5.91 Å². The van der Waals surface area contributed by atoms with Gasteiger partial charge in [0.1, 0.15) is 11.8 Å². The van der Waals surface area contributed by atoms with Gasteiger partial charge in [-0.15, -0.1) is 0 Å². The second-order valence-corrected chi connectivity index (χ2v) is 4.87. The van der Waals surface area contributed by atoms with E-state index < -0.39 is 12.1 Å². The summed E-state index contributed by atoms with van der Waals surface area (Å²) in [5, 5.41) is 5.26. The van der Waals surface area contributed by atoms with Crippen LogP contribution in [0.15, 0.2) is 54.6 Å². The summed E-state index contributed by atoms with van der Waals surface area (Å²) in [6.45, 7) is 3.50. The highest BCUT2D eigenvalue weighted by Gasteiger charge is 2.17. The lowest BCUT2D eigenvalue weighted by Gasteiger charge is -2.15. The van der Waals surface area contributed by atoms with E-state index in [1.165, 1.54) is 0 Å². The summed E-state index contributed by atoms with van der Waals surface area (Å²) >= 11 is 0. The Bertz CT molecular complexity index is 656. The molecular formula is C17H18N2O3. The Hall–Kier alpha value is -2.82. The van der Waals surface area contributed by atoms with Gasteiger partial charge >= 0.3 is 6.09 Å². The van der Waals surface area contributed by atoms with Crippen molar-refractivity contribution < 1.29 is 14.3 Å². The van der Waals surface area contributed by atoms with Gasteiger partial charge in [-0.3, -0.25) is 4.79 Å². The Balaban J connectivity index is 1.88. The quantitative estimate of drug-likeness (QED) is 0.911. The van der Waals surface area contributed by atoms with Crippen molar-refractivity contribution in [3.8, 4) is 5.75 Å². The minimum atomic E-state index is -0.712. The Labute approximate surface area is 129 Å². The molecular weight excluding hydrogens is 280 g/mol. The van der Waals surface area contributed by atoms with E-state index in [2.05, 4.69) is 10.6 Å². The van der Waals surface area contributed by atoms with Crippen molar-refractivity contribution in [3.05, 3.63) is 60.2 Å². The van der Waals surface area contributed by atoms with E-state index >= 15 is 0 Å². The summed E-state index contributed by atoms with van der Waals surface area (Å²) in [6.07, 6.45) is -0.668. The molecule has 0 saturated heterocycles. The Kier molecular flexibility index (Phi) is 5.14. The highest BCUT2D eigenvalue weighted by Crippen LogP contribution is 2.13. The average molecular weight is 298 g/mol. The number of amides is 2. The first-order valence-corrected chi connectivity index (χ1v) is 6.96. The molecule has 1 atom stereocenters. The number of nitrogens with one attached hydrogen (secondary N) is 2. The first-order chi connectivity index (χ1) is 10.6. The Morgan fingerprint density at radius 3 is 2.32 bits per heavy atom. The van der Waals surface area contributed by atoms with E-state index in [1.807, 2.05) is 37.3 Å². The van der Waals surface area contributed by atoms with Crippen molar-refractivity contribution in [2.45, 2.75) is 19.9 Å². The number of rotatable bonds is 4. The predicted octanol–water partition coefficient (Wildman–Crippen LogP) is 3.11. The zero-order valence-electron chi connectivity index (χ0n) is 12.5. The van der Waals surface area contributed by atoms with Crippen LogP contribution in [-0.2, 0) is 4.79 Å². The molecule has 0 aliphatic rings. The number of hydrogen-bond acceptors (Lipinski definition) is 3. The van der Waals surface area contributed by atoms with E-state index in [0.717, 1.165) is 11.3 Å². The minimum absolute atomic E-state index is 0.306. The van der Waals surface area contributed by atoms with Gasteiger partial charge in [-0.1, -0.05) is 36.4 Å². The molecule has 0 spiro atoms. The third-order valence-corrected chi connectivity index (χ3v) is 3.08. The van der Waals surface area contributed by atoms with E-state index in [-0.39, 0.29) is 5.91 Å². The Morgan fingerprint density at radius 1 is 1.00 bits per heavy atom. The van der Waals surface area contributed by atoms with Crippen molar-refractivity contribution in [3.63, 3.8) is 0 Å². The normalized spacial score (nSPS) is 11.4. The number of benzene rings is 2. The van der Waals surface area contributed by atoms with Crippen LogP contribution in [0.5, 0.6) is 5.75 Å². The standard InChI is InChI=1S/C17H18N2O3/c1-12-8-6-7-11-15(12)19-16(20)13(2)18-17(21)22-14-9-4-3-5-10-14/h3-11,13H,1-2H3,(H,18,21)(H,19,20)/t13-/m1/s1. The first kappa shape index (κ1) is 15.6. The molecule has 0 radical (unpaired) electrons. The van der Waals surface area contributed by atoms with Crippen LogP contribution in [0.1, 0.15) is 12.5 Å². The molecule has 2 rings (SSSR count). The molecule has 22 heavy (non-hydrogen) atoms. The third kappa shape index (κ3) is 4.34. The van der Waals surface area contributed by atoms with Crippen molar-refractivity contribution >= 4 is 17.7 Å². The zero-order chi connectivity index (χ0) is 15.9. The molecule has 2 N–H and O–H groups in total. The van der Waals surface area contributed by atoms with Crippen molar-refractivity contribution in [2.24, 2.45) is 0 Å². The first-order valence-electron chi connectivity index (χ1n) is 6.96. The monoisotopic (exact) mass is 298 g/mol. The van der Waals surface area contributed by atoms with Gasteiger partial charge in [-0.2, -0.15) is 0 Å². The highest BCUT2D eigenvalue weighted by molar-refractivity contribution is 5.96. The lowest BCUT2D eigenvalue weighted by atomic mass is 10.2. The highest BCUT2D eigenvalue weighted by atomic mass is 16.6. The van der Waals surface area contributed by atoms with Gasteiger partial charge in [-0.05, 0) is 37.6 Å². The largest absolute Gasteiger partial charge is 0.413 e. The van der Waals surface area contributed by atoms with Crippen LogP contribution in [0.2, 0.25) is 0 Å². The van der Waals surface area contributed by atoms with Gasteiger partial charge < -0.3 is 15.4 Å². The number of carbonyl (C=O) groups is 2. The lowest BCUT2D eigenvalue weighted by molar-refractivity contribution is -0.117. The molecule has 0 aliphatic heterocycles. The molecule has 0 aromatic heterocycles. The van der Waals surface area contributed by atoms with Crippen LogP contribution < -0.4 is 15.4 Å². The molecule has 0 bridgehead atoms. The fraction of sp³-hybridized carbons (Fsp3) is 0.176. The maximum absolute atomic E-state index is 12.1. The van der Waals surface area contributed by atoms with E-state index in [1.54, 1.807) is 31.2 Å². The van der Waals surface area contributed by atoms with E-state index in [9.17, 15) is 9.59 Å². The number of anilines is 1. The molecule has 5 heteroatoms. The third-order valence-electron chi connectivity index (χ3n) is 3.08. The summed E-state index contributed by atoms with van der Waals surface area (Å²) in [7, 11) is 0. The molecule has 114 valence electrons. The van der Waals surface area contributed by atoms with Crippen LogP contribution >= 0.6 is 0 Å². The number of carbonyl (C=O) groups excluding carboxylic acids is 2. The maximum Gasteiger partial charge on any atom is 0.413 e. The molecule has 2 aromatic rings. The summed E-state index contributed by atoms with van der Waals surface area (Å²) in [5.74, 6) is 0.117. The van der Waals surface area contributed by atoms with Crippen LogP contribution in [0.25, 0.3) is 0 Å². The number of para-hydroxylation sites is 2. The molecule has 0 fully saturated rings. The molecule has 2 aromatic carbocycles. The molecule has 0 unspecified atom stereocenters. The maximum atomic E-state index is 12.1. The zero-order valence-corrected chi connectivity index (χ0v) is 12.5. The van der Waals surface area contributed by atoms with E-state index in [4.69, 9.17) is 4.74 Å². The fourth-order valence-corrected chi connectivity index (χ4v) is 1.82. The van der Waals surface area contributed by atoms with Gasteiger partial charge in [-0.25, -0.2) is 4.79 Å². The molecule has 2 amide bonds. The summed E-state index contributed by atoms with van der Waals surface area (Å²) in [4.78, 5) is 23.8. The predicted molar refractivity (Wildman–Crippen MR) is 84.9 cm³/mol. The summed E-state index contributed by atoms with van der Waals surface area (Å²) in [5.41, 5.74) is 1.67. The van der Waals surface area contributed by atoms with Gasteiger partial charge in [0.05, 0.1) is 0 Å². The van der Waals surface area contributed by atoms with Gasteiger partial charge in [0.25, 0.3) is 0 Å². The van der Waals surface area contributed by atoms with Gasteiger partial charge in [0, 0.05) is 5.69 Å². The van der Waals surface area contributed by atoms with Crippen molar-refractivity contribution in [2.75, 3.05) is 5.32 Å². The SMILES string of the molecule is Cc1ccccc1NC(=O)[C@@H](C)NC(=O)Oc1ccccc1. The average Bonchev–Trinajstić information content (AvgIpc) is 2.50. The lowest BCUT2D eigenvalue weighted by Crippen LogP contribution is -2.42. The smallest absolute Gasteiger partial charge is 0.410 e. The second-order valence-electron chi connectivity index (χ2n) is 4.87. The molecule has 0 heterocycles. The van der Waals surface area contributed by atoms with Crippen LogP contribution in [-0.4, -0.2) is 18.0 Å². The van der Waals surface area contributed by atoms with Gasteiger partial charge in [0.15, 0.2) is 0 Å². The van der Waals surface area contributed by atoms with Crippen LogP contribution in [0.3, 0.4) is 0 Å². The molecule has 0 saturated carbocycles. The number of hydrogen-bond donors (Lipinski definition) is 2. The topological polar surface area (TPSA) is 67.4 Å². The van der Waals surface area contributed by atoms with Crippen molar-refractivity contribution in [1.82, 2.24) is 5.32 Å². The molecule has 0 aliphatic carbocycles. The minimum Gasteiger partial charge on any atom is -0.410 e.